The Morgan fingerprint density at radius 3 is 2.67 bits per heavy atom. The molecule has 1 fully saturated rings. The molecule has 0 saturated carbocycles. The molecule has 9 nitrogen and oxygen atoms in total. The minimum absolute atomic E-state index is 0.0382. The molecule has 1 aromatic rings. The van der Waals surface area contributed by atoms with E-state index in [0.717, 1.165) is 6.07 Å². The number of nitrogens with one attached hydrogen (secondary N) is 1. The van der Waals surface area contributed by atoms with Crippen molar-refractivity contribution in [1.29, 1.82) is 0 Å². The number of anilines is 1. The molecule has 1 unspecified atom stereocenters. The van der Waals surface area contributed by atoms with Crippen molar-refractivity contribution in [3.05, 3.63) is 33.9 Å². The van der Waals surface area contributed by atoms with Crippen LogP contribution in [-0.4, -0.2) is 42.4 Å². The van der Waals surface area contributed by atoms with Gasteiger partial charge in [-0.05, 0) is 12.1 Å². The van der Waals surface area contributed by atoms with Crippen LogP contribution in [0.4, 0.5) is 11.4 Å². The first-order chi connectivity index (χ1) is 9.91. The minimum Gasteiger partial charge on any atom is -0.368 e. The van der Waals surface area contributed by atoms with Gasteiger partial charge in [-0.15, -0.1) is 0 Å². The second-order valence-corrected chi connectivity index (χ2v) is 4.64. The number of benzene rings is 1. The molecule has 2 rings (SSSR count). The van der Waals surface area contributed by atoms with E-state index in [4.69, 9.17) is 11.5 Å². The first kappa shape index (κ1) is 14.7. The fourth-order valence-corrected chi connectivity index (χ4v) is 2.31. The Bertz CT molecular complexity index is 603. The van der Waals surface area contributed by atoms with Gasteiger partial charge in [0, 0.05) is 31.3 Å². The number of nitro groups is 1. The van der Waals surface area contributed by atoms with Gasteiger partial charge in [0.2, 0.25) is 11.8 Å². The summed E-state index contributed by atoms with van der Waals surface area (Å²) in [7, 11) is 0. The van der Waals surface area contributed by atoms with E-state index >= 15 is 0 Å². The number of nitro benzene ring substituents is 1. The zero-order valence-electron chi connectivity index (χ0n) is 11.1. The van der Waals surface area contributed by atoms with Crippen LogP contribution in [0.2, 0.25) is 0 Å². The molecule has 5 N–H and O–H groups in total. The lowest BCUT2D eigenvalue weighted by Crippen LogP contribution is -2.57. The number of primary amides is 2. The normalized spacial score (nSPS) is 18.3. The third-order valence-electron chi connectivity index (χ3n) is 3.34. The maximum absolute atomic E-state index is 11.5. The molecule has 1 saturated heterocycles. The Morgan fingerprint density at radius 2 is 2.10 bits per heavy atom. The summed E-state index contributed by atoms with van der Waals surface area (Å²) >= 11 is 0. The van der Waals surface area contributed by atoms with Crippen molar-refractivity contribution >= 4 is 23.2 Å². The lowest BCUT2D eigenvalue weighted by atomic mass is 10.1. The third-order valence-corrected chi connectivity index (χ3v) is 3.34. The molecular formula is C12H15N5O4. The average molecular weight is 293 g/mol. The molecule has 1 heterocycles. The number of rotatable bonds is 4. The van der Waals surface area contributed by atoms with Gasteiger partial charge in [-0.1, -0.05) is 0 Å². The molecular weight excluding hydrogens is 278 g/mol. The number of amides is 2. The van der Waals surface area contributed by atoms with Crippen molar-refractivity contribution in [2.75, 3.05) is 24.5 Å². The summed E-state index contributed by atoms with van der Waals surface area (Å²) in [6.07, 6.45) is 0. The van der Waals surface area contributed by atoms with Crippen LogP contribution in [0.15, 0.2) is 18.2 Å². The van der Waals surface area contributed by atoms with Crippen LogP contribution in [0.25, 0.3) is 0 Å². The van der Waals surface area contributed by atoms with Crippen LogP contribution >= 0.6 is 0 Å². The number of piperazine rings is 1. The van der Waals surface area contributed by atoms with Gasteiger partial charge in [-0.25, -0.2) is 0 Å². The van der Waals surface area contributed by atoms with E-state index in [2.05, 4.69) is 5.32 Å². The van der Waals surface area contributed by atoms with Crippen LogP contribution in [0.3, 0.4) is 0 Å². The highest BCUT2D eigenvalue weighted by Crippen LogP contribution is 2.31. The highest BCUT2D eigenvalue weighted by molar-refractivity contribution is 5.95. The lowest BCUT2D eigenvalue weighted by Gasteiger charge is -2.35. The Labute approximate surface area is 120 Å². The van der Waals surface area contributed by atoms with Crippen LogP contribution in [0.1, 0.15) is 10.4 Å². The van der Waals surface area contributed by atoms with Crippen molar-refractivity contribution in [1.82, 2.24) is 5.32 Å². The third kappa shape index (κ3) is 2.92. The van der Waals surface area contributed by atoms with E-state index in [9.17, 15) is 19.7 Å². The minimum atomic E-state index is -0.753. The zero-order valence-corrected chi connectivity index (χ0v) is 11.1. The smallest absolute Gasteiger partial charge is 0.293 e. The van der Waals surface area contributed by atoms with E-state index in [1.807, 2.05) is 0 Å². The highest BCUT2D eigenvalue weighted by atomic mass is 16.6. The molecule has 0 spiro atoms. The van der Waals surface area contributed by atoms with Gasteiger partial charge in [0.15, 0.2) is 0 Å². The van der Waals surface area contributed by atoms with Gasteiger partial charge in [-0.3, -0.25) is 19.7 Å². The molecule has 1 aromatic carbocycles. The van der Waals surface area contributed by atoms with Gasteiger partial charge in [0.1, 0.15) is 11.7 Å². The van der Waals surface area contributed by atoms with E-state index in [-0.39, 0.29) is 16.9 Å². The summed E-state index contributed by atoms with van der Waals surface area (Å²) in [6.45, 7) is 1.27. The Balaban J connectivity index is 2.48. The highest BCUT2D eigenvalue weighted by Gasteiger charge is 2.31. The molecule has 2 amide bonds. The number of carbonyl (C=O) groups is 2. The lowest BCUT2D eigenvalue weighted by molar-refractivity contribution is -0.384. The average Bonchev–Trinajstić information content (AvgIpc) is 2.46. The monoisotopic (exact) mass is 293 g/mol. The van der Waals surface area contributed by atoms with E-state index in [1.165, 1.54) is 12.1 Å². The van der Waals surface area contributed by atoms with Crippen molar-refractivity contribution in [3.8, 4) is 0 Å². The van der Waals surface area contributed by atoms with E-state index < -0.39 is 22.8 Å². The summed E-state index contributed by atoms with van der Waals surface area (Å²) in [6, 6.07) is 3.24. The predicted octanol–water partition coefficient (Wildman–Crippen LogP) is -1.04. The number of carbonyl (C=O) groups excluding carboxylic acids is 2. The first-order valence-electron chi connectivity index (χ1n) is 6.26. The number of hydrogen-bond donors (Lipinski definition) is 3. The Morgan fingerprint density at radius 1 is 1.38 bits per heavy atom. The zero-order chi connectivity index (χ0) is 15.6. The summed E-state index contributed by atoms with van der Waals surface area (Å²) in [5.74, 6) is -1.33. The summed E-state index contributed by atoms with van der Waals surface area (Å²) in [5, 5.41) is 14.2. The van der Waals surface area contributed by atoms with Crippen LogP contribution in [0.5, 0.6) is 0 Å². The van der Waals surface area contributed by atoms with Gasteiger partial charge < -0.3 is 21.7 Å². The fraction of sp³-hybridized carbons (Fsp3) is 0.333. The van der Waals surface area contributed by atoms with Crippen LogP contribution in [0, 0.1) is 10.1 Å². The molecule has 0 aromatic heterocycles. The summed E-state index contributed by atoms with van der Waals surface area (Å²) in [4.78, 5) is 34.8. The second kappa shape index (κ2) is 5.75. The fourth-order valence-electron chi connectivity index (χ4n) is 2.31. The summed E-state index contributed by atoms with van der Waals surface area (Å²) in [5.41, 5.74) is 10.5. The Hall–Kier alpha value is -2.68. The second-order valence-electron chi connectivity index (χ2n) is 4.64. The topological polar surface area (TPSA) is 145 Å². The van der Waals surface area contributed by atoms with E-state index in [1.54, 1.807) is 4.90 Å². The molecule has 9 heteroatoms. The number of nitrogens with two attached hydrogens (primary N) is 2. The van der Waals surface area contributed by atoms with Gasteiger partial charge >= 0.3 is 0 Å². The van der Waals surface area contributed by atoms with E-state index in [0.29, 0.717) is 19.6 Å². The number of nitrogens with zero attached hydrogens (tertiary/aromatic N) is 2. The van der Waals surface area contributed by atoms with Gasteiger partial charge in [0.25, 0.3) is 5.69 Å². The molecule has 0 bridgehead atoms. The SMILES string of the molecule is NC(=O)c1ccc(N2CCNCC2C(N)=O)c([N+](=O)[O-])c1. The maximum Gasteiger partial charge on any atom is 0.293 e. The first-order valence-corrected chi connectivity index (χ1v) is 6.26. The standard InChI is InChI=1S/C12H15N5O4/c13-11(18)7-1-2-8(9(5-7)17(20)21)16-4-3-15-6-10(16)12(14)19/h1-2,5,10,15H,3-4,6H2,(H2,13,18)(H2,14,19). The van der Waals surface area contributed by atoms with Crippen molar-refractivity contribution < 1.29 is 14.5 Å². The molecule has 0 aliphatic carbocycles. The van der Waals surface area contributed by atoms with Crippen molar-refractivity contribution in [2.24, 2.45) is 11.5 Å². The van der Waals surface area contributed by atoms with Gasteiger partial charge in [-0.2, -0.15) is 0 Å². The molecule has 21 heavy (non-hydrogen) atoms. The van der Waals surface area contributed by atoms with Crippen LogP contribution in [-0.2, 0) is 4.79 Å². The van der Waals surface area contributed by atoms with Crippen molar-refractivity contribution in [3.63, 3.8) is 0 Å². The molecule has 112 valence electrons. The van der Waals surface area contributed by atoms with Gasteiger partial charge in [0.05, 0.1) is 4.92 Å². The maximum atomic E-state index is 11.5. The predicted molar refractivity (Wildman–Crippen MR) is 74.8 cm³/mol. The molecule has 1 aliphatic heterocycles. The van der Waals surface area contributed by atoms with Crippen LogP contribution < -0.4 is 21.7 Å². The largest absolute Gasteiger partial charge is 0.368 e. The quantitative estimate of drug-likeness (QED) is 0.477. The molecule has 1 aliphatic rings. The molecule has 0 radical (unpaired) electrons. The number of hydrogen-bond acceptors (Lipinski definition) is 6. The molecule has 1 atom stereocenters. The summed E-state index contributed by atoms with van der Waals surface area (Å²) < 4.78 is 0. The van der Waals surface area contributed by atoms with Crippen molar-refractivity contribution in [2.45, 2.75) is 6.04 Å². The Kier molecular flexibility index (Phi) is 4.03.